The second-order valence-corrected chi connectivity index (χ2v) is 6.00. The van der Waals surface area contributed by atoms with E-state index in [1.54, 1.807) is 0 Å². The van der Waals surface area contributed by atoms with Gasteiger partial charge in [0.15, 0.2) is 0 Å². The molecule has 1 aromatic heterocycles. The van der Waals surface area contributed by atoms with Crippen LogP contribution < -0.4 is 5.32 Å². The predicted molar refractivity (Wildman–Crippen MR) is 81.2 cm³/mol. The van der Waals surface area contributed by atoms with Crippen LogP contribution in [-0.2, 0) is 13.6 Å². The van der Waals surface area contributed by atoms with Crippen molar-refractivity contribution in [1.82, 2.24) is 9.88 Å². The Hall–Kier alpha value is -1.28. The molecule has 1 heterocycles. The molecule has 0 aliphatic heterocycles. The Morgan fingerprint density at radius 2 is 2.00 bits per heavy atom. The lowest BCUT2D eigenvalue weighted by atomic mass is 9.99. The molecule has 2 heteroatoms. The third kappa shape index (κ3) is 2.55. The molecular formula is C17H24N2. The zero-order valence-electron chi connectivity index (χ0n) is 12.0. The highest BCUT2D eigenvalue weighted by molar-refractivity contribution is 5.83. The molecule has 3 rings (SSSR count). The van der Waals surface area contributed by atoms with Gasteiger partial charge >= 0.3 is 0 Å². The zero-order valence-corrected chi connectivity index (χ0v) is 12.0. The lowest BCUT2D eigenvalue weighted by Gasteiger charge is -2.20. The molecule has 0 saturated heterocycles. The number of benzene rings is 1. The Balaban J connectivity index is 1.71. The van der Waals surface area contributed by atoms with E-state index in [4.69, 9.17) is 0 Å². The van der Waals surface area contributed by atoms with Gasteiger partial charge in [-0.25, -0.2) is 0 Å². The van der Waals surface area contributed by atoms with Crippen molar-refractivity contribution in [3.05, 3.63) is 36.0 Å². The summed E-state index contributed by atoms with van der Waals surface area (Å²) in [6, 6.07) is 9.31. The molecule has 1 atom stereocenters. The topological polar surface area (TPSA) is 17.0 Å². The molecule has 1 aliphatic rings. The SMILES string of the molecule is C[C@H](NCc1cn(C)c2ccccc12)C1CCCC1. The number of rotatable bonds is 4. The zero-order chi connectivity index (χ0) is 13.2. The highest BCUT2D eigenvalue weighted by atomic mass is 14.9. The Morgan fingerprint density at radius 3 is 2.79 bits per heavy atom. The van der Waals surface area contributed by atoms with E-state index in [0.717, 1.165) is 12.5 Å². The van der Waals surface area contributed by atoms with Crippen molar-refractivity contribution in [2.24, 2.45) is 13.0 Å². The molecule has 0 spiro atoms. The average molecular weight is 256 g/mol. The summed E-state index contributed by atoms with van der Waals surface area (Å²) in [4.78, 5) is 0. The summed E-state index contributed by atoms with van der Waals surface area (Å²) in [6.45, 7) is 3.33. The van der Waals surface area contributed by atoms with Crippen LogP contribution in [-0.4, -0.2) is 10.6 Å². The number of aromatic nitrogens is 1. The van der Waals surface area contributed by atoms with E-state index in [2.05, 4.69) is 54.3 Å². The van der Waals surface area contributed by atoms with Crippen molar-refractivity contribution < 1.29 is 0 Å². The van der Waals surface area contributed by atoms with E-state index in [1.807, 2.05) is 0 Å². The van der Waals surface area contributed by atoms with E-state index in [-0.39, 0.29) is 0 Å². The largest absolute Gasteiger partial charge is 0.350 e. The third-order valence-electron chi connectivity index (χ3n) is 4.70. The quantitative estimate of drug-likeness (QED) is 0.879. The molecule has 0 bridgehead atoms. The van der Waals surface area contributed by atoms with E-state index in [1.165, 1.54) is 42.1 Å². The van der Waals surface area contributed by atoms with E-state index in [9.17, 15) is 0 Å². The number of aryl methyl sites for hydroxylation is 1. The Kier molecular flexibility index (Phi) is 3.61. The van der Waals surface area contributed by atoms with Gasteiger partial charge in [-0.3, -0.25) is 0 Å². The van der Waals surface area contributed by atoms with Crippen LogP contribution in [0.15, 0.2) is 30.5 Å². The van der Waals surface area contributed by atoms with Gasteiger partial charge in [-0.15, -0.1) is 0 Å². The van der Waals surface area contributed by atoms with Gasteiger partial charge in [0.1, 0.15) is 0 Å². The normalized spacial score (nSPS) is 18.2. The first-order valence-corrected chi connectivity index (χ1v) is 7.52. The molecule has 0 radical (unpaired) electrons. The second kappa shape index (κ2) is 5.38. The van der Waals surface area contributed by atoms with Gasteiger partial charge in [0.25, 0.3) is 0 Å². The maximum atomic E-state index is 3.73. The lowest BCUT2D eigenvalue weighted by Crippen LogP contribution is -2.31. The van der Waals surface area contributed by atoms with Crippen LogP contribution in [0.3, 0.4) is 0 Å². The number of para-hydroxylation sites is 1. The maximum absolute atomic E-state index is 3.73. The molecule has 0 amide bonds. The summed E-state index contributed by atoms with van der Waals surface area (Å²) in [5.41, 5.74) is 2.75. The molecule has 1 N–H and O–H groups in total. The Bertz CT molecular complexity index is 549. The number of hydrogen-bond donors (Lipinski definition) is 1. The first-order valence-electron chi connectivity index (χ1n) is 7.52. The summed E-state index contributed by atoms with van der Waals surface area (Å²) in [6.07, 6.45) is 7.92. The number of fused-ring (bicyclic) bond motifs is 1. The summed E-state index contributed by atoms with van der Waals surface area (Å²) >= 11 is 0. The average Bonchev–Trinajstić information content (AvgIpc) is 3.06. The van der Waals surface area contributed by atoms with Crippen molar-refractivity contribution >= 4 is 10.9 Å². The molecule has 0 unspecified atom stereocenters. The van der Waals surface area contributed by atoms with Gasteiger partial charge in [-0.05, 0) is 37.3 Å². The first kappa shape index (κ1) is 12.7. The highest BCUT2D eigenvalue weighted by Crippen LogP contribution is 2.28. The van der Waals surface area contributed by atoms with Gasteiger partial charge < -0.3 is 9.88 Å². The van der Waals surface area contributed by atoms with E-state index in [0.29, 0.717) is 6.04 Å². The fourth-order valence-corrected chi connectivity index (χ4v) is 3.46. The van der Waals surface area contributed by atoms with Crippen LogP contribution in [0.4, 0.5) is 0 Å². The summed E-state index contributed by atoms with van der Waals surface area (Å²) in [7, 11) is 2.13. The van der Waals surface area contributed by atoms with Crippen molar-refractivity contribution in [3.63, 3.8) is 0 Å². The minimum absolute atomic E-state index is 0.640. The van der Waals surface area contributed by atoms with E-state index >= 15 is 0 Å². The molecule has 1 saturated carbocycles. The van der Waals surface area contributed by atoms with E-state index < -0.39 is 0 Å². The molecule has 2 aromatic rings. The third-order valence-corrected chi connectivity index (χ3v) is 4.70. The monoisotopic (exact) mass is 256 g/mol. The smallest absolute Gasteiger partial charge is 0.0481 e. The molecule has 2 nitrogen and oxygen atoms in total. The van der Waals surface area contributed by atoms with Crippen molar-refractivity contribution in [2.45, 2.75) is 45.2 Å². The standard InChI is InChI=1S/C17H24N2/c1-13(14-7-3-4-8-14)18-11-15-12-19(2)17-10-6-5-9-16(15)17/h5-6,9-10,12-14,18H,3-4,7-8,11H2,1-2H3/t13-/m0/s1. The number of nitrogens with one attached hydrogen (secondary N) is 1. The lowest BCUT2D eigenvalue weighted by molar-refractivity contribution is 0.381. The van der Waals surface area contributed by atoms with Crippen LogP contribution in [0.5, 0.6) is 0 Å². The first-order chi connectivity index (χ1) is 9.25. The summed E-state index contributed by atoms with van der Waals surface area (Å²) in [5.74, 6) is 0.884. The van der Waals surface area contributed by atoms with Crippen molar-refractivity contribution in [3.8, 4) is 0 Å². The molecule has 102 valence electrons. The molecular weight excluding hydrogens is 232 g/mol. The van der Waals surface area contributed by atoms with Crippen molar-refractivity contribution in [1.29, 1.82) is 0 Å². The number of hydrogen-bond acceptors (Lipinski definition) is 1. The minimum atomic E-state index is 0.640. The molecule has 1 aromatic carbocycles. The highest BCUT2D eigenvalue weighted by Gasteiger charge is 2.21. The van der Waals surface area contributed by atoms with Crippen LogP contribution >= 0.6 is 0 Å². The van der Waals surface area contributed by atoms with Crippen LogP contribution in [0.25, 0.3) is 10.9 Å². The molecule has 1 aliphatic carbocycles. The van der Waals surface area contributed by atoms with Crippen molar-refractivity contribution in [2.75, 3.05) is 0 Å². The Labute approximate surface area is 115 Å². The van der Waals surface area contributed by atoms with Gasteiger partial charge in [-0.1, -0.05) is 31.0 Å². The van der Waals surface area contributed by atoms with Crippen LogP contribution in [0.1, 0.15) is 38.2 Å². The Morgan fingerprint density at radius 1 is 1.26 bits per heavy atom. The summed E-state index contributed by atoms with van der Waals surface area (Å²) in [5, 5.41) is 5.12. The van der Waals surface area contributed by atoms with Gasteiger partial charge in [0.05, 0.1) is 0 Å². The number of nitrogens with zero attached hydrogens (tertiary/aromatic N) is 1. The second-order valence-electron chi connectivity index (χ2n) is 6.00. The van der Waals surface area contributed by atoms with Crippen LogP contribution in [0, 0.1) is 5.92 Å². The minimum Gasteiger partial charge on any atom is -0.350 e. The molecule has 1 fully saturated rings. The van der Waals surface area contributed by atoms with Gasteiger partial charge in [-0.2, -0.15) is 0 Å². The fourth-order valence-electron chi connectivity index (χ4n) is 3.46. The molecule has 19 heavy (non-hydrogen) atoms. The van der Waals surface area contributed by atoms with Gasteiger partial charge in [0.2, 0.25) is 0 Å². The van der Waals surface area contributed by atoms with Gasteiger partial charge in [0, 0.05) is 36.7 Å². The summed E-state index contributed by atoms with van der Waals surface area (Å²) < 4.78 is 2.23. The fraction of sp³-hybridized carbons (Fsp3) is 0.529. The van der Waals surface area contributed by atoms with Crippen LogP contribution in [0.2, 0.25) is 0 Å². The maximum Gasteiger partial charge on any atom is 0.0481 e. The predicted octanol–water partition coefficient (Wildman–Crippen LogP) is 3.85.